The van der Waals surface area contributed by atoms with E-state index in [1.54, 1.807) is 55.7 Å². The number of amides is 1. The van der Waals surface area contributed by atoms with Crippen LogP contribution in [0.15, 0.2) is 75.5 Å². The van der Waals surface area contributed by atoms with Gasteiger partial charge in [0.05, 0.1) is 10.6 Å². The van der Waals surface area contributed by atoms with Crippen molar-refractivity contribution in [3.63, 3.8) is 0 Å². The standard InChI is InChI=1S/C26H32N4O4S2/c1-19-9-8-18-27-25(19)26(31)28-20-14-16-22(17-15-20)35(32)29-23-12-6-7-13-24(23)36(33,34)30(2)21-10-4-3-5-11-21/h6-9,12-19,21,25,29H,3-5,10-11H2,1-2H3,(H,28,31). The molecule has 1 saturated carbocycles. The van der Waals surface area contributed by atoms with Crippen molar-refractivity contribution in [3.8, 4) is 0 Å². The lowest BCUT2D eigenvalue weighted by Crippen LogP contribution is -2.38. The number of carbonyl (C=O) groups is 1. The average Bonchev–Trinajstić information content (AvgIpc) is 2.89. The number of rotatable bonds is 8. The van der Waals surface area contributed by atoms with E-state index in [0.717, 1.165) is 32.1 Å². The van der Waals surface area contributed by atoms with E-state index in [9.17, 15) is 17.4 Å². The van der Waals surface area contributed by atoms with Gasteiger partial charge < -0.3 is 5.32 Å². The van der Waals surface area contributed by atoms with Crippen LogP contribution in [0.4, 0.5) is 11.4 Å². The molecule has 2 aliphatic rings. The van der Waals surface area contributed by atoms with Crippen molar-refractivity contribution in [2.45, 2.75) is 60.9 Å². The highest BCUT2D eigenvalue weighted by Gasteiger charge is 2.31. The molecule has 0 saturated heterocycles. The number of para-hydroxylation sites is 1. The minimum Gasteiger partial charge on any atom is -0.324 e. The number of hydrogen-bond donors (Lipinski definition) is 2. The first kappa shape index (κ1) is 26.2. The molecule has 4 rings (SSSR count). The zero-order valence-electron chi connectivity index (χ0n) is 20.5. The van der Waals surface area contributed by atoms with Gasteiger partial charge in [-0.15, -0.1) is 0 Å². The number of aliphatic imine (C=N–C) groups is 1. The van der Waals surface area contributed by atoms with Crippen molar-refractivity contribution in [3.05, 3.63) is 60.7 Å². The van der Waals surface area contributed by atoms with Crippen molar-refractivity contribution < 1.29 is 17.4 Å². The van der Waals surface area contributed by atoms with Crippen molar-refractivity contribution in [1.82, 2.24) is 4.31 Å². The van der Waals surface area contributed by atoms with Crippen LogP contribution in [0.25, 0.3) is 0 Å². The molecule has 1 amide bonds. The van der Waals surface area contributed by atoms with E-state index in [1.807, 2.05) is 19.1 Å². The third kappa shape index (κ3) is 5.93. The highest BCUT2D eigenvalue weighted by molar-refractivity contribution is 7.89. The molecule has 3 unspecified atom stereocenters. The maximum atomic E-state index is 13.4. The molecule has 3 atom stereocenters. The summed E-state index contributed by atoms with van der Waals surface area (Å²) in [7, 11) is -3.84. The number of carbonyl (C=O) groups excluding carboxylic acids is 1. The summed E-state index contributed by atoms with van der Waals surface area (Å²) in [5.41, 5.74) is 0.850. The fourth-order valence-electron chi connectivity index (χ4n) is 4.52. The van der Waals surface area contributed by atoms with Gasteiger partial charge in [0.25, 0.3) is 0 Å². The van der Waals surface area contributed by atoms with Crippen LogP contribution < -0.4 is 10.0 Å². The predicted molar refractivity (Wildman–Crippen MR) is 144 cm³/mol. The van der Waals surface area contributed by atoms with Crippen LogP contribution in [0, 0.1) is 5.92 Å². The van der Waals surface area contributed by atoms with Crippen LogP contribution in [0.5, 0.6) is 0 Å². The fraction of sp³-hybridized carbons (Fsp3) is 0.385. The lowest BCUT2D eigenvalue weighted by Gasteiger charge is -2.30. The highest BCUT2D eigenvalue weighted by Crippen LogP contribution is 2.30. The smallest absolute Gasteiger partial charge is 0.249 e. The summed E-state index contributed by atoms with van der Waals surface area (Å²) in [5.74, 6) is -0.212. The summed E-state index contributed by atoms with van der Waals surface area (Å²) in [5, 5.41) is 2.84. The molecule has 192 valence electrons. The zero-order valence-corrected chi connectivity index (χ0v) is 22.1. The Hall–Kier alpha value is -2.82. The molecule has 1 heterocycles. The predicted octanol–water partition coefficient (Wildman–Crippen LogP) is 4.36. The molecule has 8 nitrogen and oxygen atoms in total. The van der Waals surface area contributed by atoms with Gasteiger partial charge in [0.2, 0.25) is 15.9 Å². The third-order valence-electron chi connectivity index (χ3n) is 6.69. The first-order valence-electron chi connectivity index (χ1n) is 12.1. The second-order valence-electron chi connectivity index (χ2n) is 9.18. The van der Waals surface area contributed by atoms with Gasteiger partial charge in [0.1, 0.15) is 21.9 Å². The Bertz CT molecular complexity index is 1270. The van der Waals surface area contributed by atoms with Crippen molar-refractivity contribution >= 4 is 44.5 Å². The molecule has 36 heavy (non-hydrogen) atoms. The van der Waals surface area contributed by atoms with E-state index in [4.69, 9.17) is 0 Å². The molecule has 1 fully saturated rings. The molecule has 0 radical (unpaired) electrons. The van der Waals surface area contributed by atoms with Crippen LogP contribution in [0.2, 0.25) is 0 Å². The van der Waals surface area contributed by atoms with Gasteiger partial charge in [-0.05, 0) is 55.3 Å². The summed E-state index contributed by atoms with van der Waals surface area (Å²) in [6.07, 6.45) is 10.3. The van der Waals surface area contributed by atoms with Gasteiger partial charge in [-0.2, -0.15) is 4.31 Å². The maximum absolute atomic E-state index is 13.4. The number of dihydropyridines is 1. The van der Waals surface area contributed by atoms with E-state index in [1.165, 1.54) is 10.4 Å². The third-order valence-corrected chi connectivity index (χ3v) is 9.76. The minimum atomic E-state index is -3.76. The first-order chi connectivity index (χ1) is 17.3. The molecule has 1 aliphatic heterocycles. The number of allylic oxidation sites excluding steroid dienone is 1. The monoisotopic (exact) mass is 528 g/mol. The maximum Gasteiger partial charge on any atom is 0.249 e. The Balaban J connectivity index is 1.45. The second-order valence-corrected chi connectivity index (χ2v) is 12.4. The molecular formula is C26H32N4O4S2. The molecule has 0 spiro atoms. The van der Waals surface area contributed by atoms with E-state index >= 15 is 0 Å². The molecule has 2 aromatic rings. The lowest BCUT2D eigenvalue weighted by molar-refractivity contribution is -0.117. The number of nitrogens with one attached hydrogen (secondary N) is 2. The lowest BCUT2D eigenvalue weighted by atomic mass is 9.96. The molecule has 10 heteroatoms. The summed E-state index contributed by atoms with van der Waals surface area (Å²) in [6.45, 7) is 1.93. The number of anilines is 2. The van der Waals surface area contributed by atoms with E-state index in [2.05, 4.69) is 15.0 Å². The Morgan fingerprint density at radius 2 is 1.75 bits per heavy atom. The Morgan fingerprint density at radius 1 is 1.06 bits per heavy atom. The summed E-state index contributed by atoms with van der Waals surface area (Å²) in [4.78, 5) is 17.3. The molecule has 2 N–H and O–H groups in total. The minimum absolute atomic E-state index is 0.000480. The van der Waals surface area contributed by atoms with Gasteiger partial charge in [-0.3, -0.25) is 14.5 Å². The molecule has 0 bridgehead atoms. The van der Waals surface area contributed by atoms with E-state index < -0.39 is 27.1 Å². The number of nitrogens with zero attached hydrogens (tertiary/aromatic N) is 2. The van der Waals surface area contributed by atoms with Crippen molar-refractivity contribution in [2.24, 2.45) is 10.9 Å². The van der Waals surface area contributed by atoms with Gasteiger partial charge in [-0.25, -0.2) is 12.6 Å². The summed E-state index contributed by atoms with van der Waals surface area (Å²) in [6, 6.07) is 12.6. The topological polar surface area (TPSA) is 108 Å². The first-order valence-corrected chi connectivity index (χ1v) is 14.7. The van der Waals surface area contributed by atoms with Crippen molar-refractivity contribution in [2.75, 3.05) is 17.1 Å². The van der Waals surface area contributed by atoms with Crippen LogP contribution in [-0.4, -0.2) is 48.2 Å². The highest BCUT2D eigenvalue weighted by atomic mass is 32.2. The van der Waals surface area contributed by atoms with Gasteiger partial charge in [-0.1, -0.05) is 44.4 Å². The van der Waals surface area contributed by atoms with Gasteiger partial charge in [0.15, 0.2) is 0 Å². The molecule has 1 aliphatic carbocycles. The normalized spacial score (nSPS) is 21.3. The fourth-order valence-corrected chi connectivity index (χ4v) is 7.03. The second kappa shape index (κ2) is 11.5. The van der Waals surface area contributed by atoms with Crippen LogP contribution in [0.1, 0.15) is 39.0 Å². The van der Waals surface area contributed by atoms with Gasteiger partial charge in [0, 0.05) is 30.9 Å². The van der Waals surface area contributed by atoms with Crippen LogP contribution in [-0.2, 0) is 25.8 Å². The largest absolute Gasteiger partial charge is 0.324 e. The number of hydrogen-bond acceptors (Lipinski definition) is 5. The number of benzene rings is 2. The zero-order chi connectivity index (χ0) is 25.7. The molecular weight excluding hydrogens is 496 g/mol. The van der Waals surface area contributed by atoms with Crippen LogP contribution >= 0.6 is 0 Å². The van der Waals surface area contributed by atoms with E-state index in [-0.39, 0.29) is 28.4 Å². The number of sulfonamides is 1. The Morgan fingerprint density at radius 3 is 2.44 bits per heavy atom. The van der Waals surface area contributed by atoms with Gasteiger partial charge >= 0.3 is 0 Å². The Labute approximate surface area is 215 Å². The van der Waals surface area contributed by atoms with E-state index in [0.29, 0.717) is 10.6 Å². The quantitative estimate of drug-likeness (QED) is 0.531. The summed E-state index contributed by atoms with van der Waals surface area (Å²) < 4.78 is 44.2. The SMILES string of the molecule is CC1C=CC=NC1C(=O)Nc1ccc(S(=O)Nc2ccccc2S(=O)(=O)N(C)C2CCCCC2)cc1. The summed E-state index contributed by atoms with van der Waals surface area (Å²) >= 11 is 0. The Kier molecular flexibility index (Phi) is 8.38. The molecule has 2 aromatic carbocycles. The van der Waals surface area contributed by atoms with Crippen molar-refractivity contribution in [1.29, 1.82) is 0 Å². The average molecular weight is 529 g/mol. The van der Waals surface area contributed by atoms with Crippen LogP contribution in [0.3, 0.4) is 0 Å². The molecule has 0 aromatic heterocycles.